The van der Waals surface area contributed by atoms with Gasteiger partial charge in [-0.1, -0.05) is 36.4 Å². The number of rotatable bonds is 5. The molecule has 3 aromatic rings. The van der Waals surface area contributed by atoms with Crippen LogP contribution in [0.4, 0.5) is 17.5 Å². The van der Waals surface area contributed by atoms with E-state index >= 15 is 0 Å². The quantitative estimate of drug-likeness (QED) is 0.574. The minimum atomic E-state index is 0.162. The van der Waals surface area contributed by atoms with Crippen molar-refractivity contribution in [1.29, 1.82) is 0 Å². The second kappa shape index (κ2) is 7.66. The van der Waals surface area contributed by atoms with Crippen molar-refractivity contribution in [3.63, 3.8) is 0 Å². The van der Waals surface area contributed by atoms with Gasteiger partial charge >= 0.3 is 0 Å². The number of nitrogens with one attached hydrogen (secondary N) is 2. The molecule has 1 atom stereocenters. The van der Waals surface area contributed by atoms with Gasteiger partial charge in [-0.15, -0.1) is 0 Å². The highest BCUT2D eigenvalue weighted by atomic mass is 79.9. The van der Waals surface area contributed by atoms with Gasteiger partial charge < -0.3 is 10.6 Å². The Labute approximate surface area is 156 Å². The molecule has 1 heterocycles. The number of anilines is 3. The summed E-state index contributed by atoms with van der Waals surface area (Å²) in [5.41, 5.74) is 4.26. The summed E-state index contributed by atoms with van der Waals surface area (Å²) in [5, 5.41) is 6.73. The molecule has 0 spiro atoms. The first-order valence-electron chi connectivity index (χ1n) is 8.21. The number of aryl methyl sites for hydroxylation is 2. The standard InChI is InChI=1S/C20H21BrN4/c1-13-9-10-18(17(21)11-13)24-20-22-14(2)12-19(25-20)23-15(3)16-7-5-4-6-8-16/h4-12,15H,1-3H3,(H2,22,23,24,25). The summed E-state index contributed by atoms with van der Waals surface area (Å²) in [5.74, 6) is 1.38. The first-order chi connectivity index (χ1) is 12.0. The van der Waals surface area contributed by atoms with Gasteiger partial charge in [0.25, 0.3) is 0 Å². The second-order valence-corrected chi connectivity index (χ2v) is 6.96. The lowest BCUT2D eigenvalue weighted by Crippen LogP contribution is -2.10. The van der Waals surface area contributed by atoms with Crippen LogP contribution >= 0.6 is 15.9 Å². The Morgan fingerprint density at radius 2 is 1.72 bits per heavy atom. The van der Waals surface area contributed by atoms with Gasteiger partial charge in [0.2, 0.25) is 5.95 Å². The molecule has 0 aliphatic heterocycles. The van der Waals surface area contributed by atoms with Crippen molar-refractivity contribution in [2.45, 2.75) is 26.8 Å². The van der Waals surface area contributed by atoms with Crippen LogP contribution in [0.25, 0.3) is 0 Å². The normalized spacial score (nSPS) is 11.8. The van der Waals surface area contributed by atoms with E-state index in [2.05, 4.69) is 74.6 Å². The molecule has 5 heteroatoms. The second-order valence-electron chi connectivity index (χ2n) is 6.10. The van der Waals surface area contributed by atoms with E-state index in [-0.39, 0.29) is 6.04 Å². The lowest BCUT2D eigenvalue weighted by Gasteiger charge is -2.16. The molecule has 1 aromatic heterocycles. The largest absolute Gasteiger partial charge is 0.363 e. The molecular formula is C20H21BrN4. The van der Waals surface area contributed by atoms with Crippen molar-refractivity contribution in [2.75, 3.05) is 10.6 Å². The monoisotopic (exact) mass is 396 g/mol. The molecule has 0 saturated heterocycles. The van der Waals surface area contributed by atoms with Crippen LogP contribution in [-0.2, 0) is 0 Å². The molecule has 0 aliphatic rings. The maximum atomic E-state index is 4.60. The van der Waals surface area contributed by atoms with Gasteiger partial charge in [-0.2, -0.15) is 4.98 Å². The number of nitrogens with zero attached hydrogens (tertiary/aromatic N) is 2. The van der Waals surface area contributed by atoms with Gasteiger partial charge in [-0.25, -0.2) is 4.98 Å². The van der Waals surface area contributed by atoms with Gasteiger partial charge in [-0.3, -0.25) is 0 Å². The molecule has 25 heavy (non-hydrogen) atoms. The molecule has 0 aliphatic carbocycles. The highest BCUT2D eigenvalue weighted by Crippen LogP contribution is 2.26. The van der Waals surface area contributed by atoms with Crippen LogP contribution in [-0.4, -0.2) is 9.97 Å². The van der Waals surface area contributed by atoms with Gasteiger partial charge in [0.1, 0.15) is 5.82 Å². The fourth-order valence-corrected chi connectivity index (χ4v) is 3.18. The Morgan fingerprint density at radius 3 is 2.44 bits per heavy atom. The van der Waals surface area contributed by atoms with Gasteiger partial charge in [-0.05, 0) is 60.0 Å². The molecule has 0 amide bonds. The molecule has 0 radical (unpaired) electrons. The Balaban J connectivity index is 1.80. The van der Waals surface area contributed by atoms with Crippen LogP contribution in [0.5, 0.6) is 0 Å². The summed E-state index contributed by atoms with van der Waals surface area (Å²) < 4.78 is 0.991. The molecule has 3 rings (SSSR count). The predicted molar refractivity (Wildman–Crippen MR) is 107 cm³/mol. The molecule has 4 nitrogen and oxygen atoms in total. The zero-order chi connectivity index (χ0) is 17.8. The zero-order valence-electron chi connectivity index (χ0n) is 14.5. The maximum absolute atomic E-state index is 4.60. The third-order valence-electron chi connectivity index (χ3n) is 3.89. The Hall–Kier alpha value is -2.40. The topological polar surface area (TPSA) is 49.8 Å². The van der Waals surface area contributed by atoms with E-state index in [4.69, 9.17) is 0 Å². The van der Waals surface area contributed by atoms with Crippen molar-refractivity contribution < 1.29 is 0 Å². The fraction of sp³-hybridized carbons (Fsp3) is 0.200. The van der Waals surface area contributed by atoms with Crippen molar-refractivity contribution in [2.24, 2.45) is 0 Å². The smallest absolute Gasteiger partial charge is 0.229 e. The molecule has 2 N–H and O–H groups in total. The van der Waals surface area contributed by atoms with Crippen molar-refractivity contribution >= 4 is 33.4 Å². The highest BCUT2D eigenvalue weighted by molar-refractivity contribution is 9.10. The summed E-state index contributed by atoms with van der Waals surface area (Å²) in [6.07, 6.45) is 0. The molecule has 1 unspecified atom stereocenters. The van der Waals surface area contributed by atoms with E-state index < -0.39 is 0 Å². The summed E-state index contributed by atoms with van der Waals surface area (Å²) in [6.45, 7) is 6.15. The predicted octanol–water partition coefficient (Wildman–Crippen LogP) is 5.77. The van der Waals surface area contributed by atoms with Crippen molar-refractivity contribution in [1.82, 2.24) is 9.97 Å². The van der Waals surface area contributed by atoms with Crippen LogP contribution in [0.1, 0.15) is 29.8 Å². The average molecular weight is 397 g/mol. The van der Waals surface area contributed by atoms with Crippen LogP contribution in [0.15, 0.2) is 59.1 Å². The first-order valence-corrected chi connectivity index (χ1v) is 9.01. The lowest BCUT2D eigenvalue weighted by atomic mass is 10.1. The van der Waals surface area contributed by atoms with E-state index in [0.29, 0.717) is 5.95 Å². The molecule has 2 aromatic carbocycles. The summed E-state index contributed by atoms with van der Waals surface area (Å²) >= 11 is 3.58. The Bertz CT molecular complexity index is 865. The molecule has 0 fully saturated rings. The molecule has 128 valence electrons. The van der Waals surface area contributed by atoms with Crippen LogP contribution in [0.2, 0.25) is 0 Å². The number of hydrogen-bond donors (Lipinski definition) is 2. The summed E-state index contributed by atoms with van der Waals surface area (Å²) in [6, 6.07) is 18.6. The number of aromatic nitrogens is 2. The highest BCUT2D eigenvalue weighted by Gasteiger charge is 2.09. The lowest BCUT2D eigenvalue weighted by molar-refractivity contribution is 0.871. The molecular weight excluding hydrogens is 376 g/mol. The van der Waals surface area contributed by atoms with Gasteiger partial charge in [0.15, 0.2) is 0 Å². The summed E-state index contributed by atoms with van der Waals surface area (Å²) in [7, 11) is 0. The summed E-state index contributed by atoms with van der Waals surface area (Å²) in [4.78, 5) is 9.09. The number of hydrogen-bond acceptors (Lipinski definition) is 4. The third-order valence-corrected chi connectivity index (χ3v) is 4.55. The Kier molecular flexibility index (Phi) is 5.34. The molecule has 0 bridgehead atoms. The minimum absolute atomic E-state index is 0.162. The van der Waals surface area contributed by atoms with Crippen molar-refractivity contribution in [3.8, 4) is 0 Å². The van der Waals surface area contributed by atoms with E-state index in [1.165, 1.54) is 11.1 Å². The third kappa shape index (κ3) is 4.57. The first kappa shape index (κ1) is 17.4. The SMILES string of the molecule is Cc1ccc(Nc2nc(C)cc(NC(C)c3ccccc3)n2)c(Br)c1. The van der Waals surface area contributed by atoms with Gasteiger partial charge in [0.05, 0.1) is 5.69 Å². The average Bonchev–Trinajstić information content (AvgIpc) is 2.58. The van der Waals surface area contributed by atoms with E-state index in [9.17, 15) is 0 Å². The Morgan fingerprint density at radius 1 is 0.960 bits per heavy atom. The number of halogens is 1. The number of benzene rings is 2. The zero-order valence-corrected chi connectivity index (χ0v) is 16.1. The van der Waals surface area contributed by atoms with Crippen molar-refractivity contribution in [3.05, 3.63) is 75.9 Å². The van der Waals surface area contributed by atoms with Gasteiger partial charge in [0, 0.05) is 22.3 Å². The van der Waals surface area contributed by atoms with Crippen LogP contribution in [0, 0.1) is 13.8 Å². The van der Waals surface area contributed by atoms with E-state index in [1.54, 1.807) is 0 Å². The molecule has 0 saturated carbocycles. The van der Waals surface area contributed by atoms with Crippen LogP contribution in [0.3, 0.4) is 0 Å². The van der Waals surface area contributed by atoms with E-state index in [1.807, 2.05) is 37.3 Å². The minimum Gasteiger partial charge on any atom is -0.363 e. The van der Waals surface area contributed by atoms with E-state index in [0.717, 1.165) is 21.7 Å². The fourth-order valence-electron chi connectivity index (χ4n) is 2.59. The van der Waals surface area contributed by atoms with Crippen LogP contribution < -0.4 is 10.6 Å². The maximum Gasteiger partial charge on any atom is 0.229 e.